The molecule has 0 saturated carbocycles. The molecule has 162 valence electrons. The van der Waals surface area contributed by atoms with Gasteiger partial charge < -0.3 is 9.47 Å². The molecule has 1 fully saturated rings. The lowest BCUT2D eigenvalue weighted by atomic mass is 10.1. The number of carbonyl (C=O) groups excluding carboxylic acids is 3. The van der Waals surface area contributed by atoms with E-state index >= 15 is 0 Å². The Hall–Kier alpha value is -3.03. The number of urea groups is 1. The molecule has 1 aliphatic rings. The van der Waals surface area contributed by atoms with Crippen LogP contribution in [0.4, 0.5) is 10.5 Å². The average Bonchev–Trinajstić information content (AvgIpc) is 2.69. The first kappa shape index (κ1) is 22.7. The number of hydrogen-bond donors (Lipinski definition) is 1. The van der Waals surface area contributed by atoms with Gasteiger partial charge in [0.1, 0.15) is 5.57 Å². The molecule has 0 atom stereocenters. The normalized spacial score (nSPS) is 15.5. The minimum Gasteiger partial charge on any atom is -0.490 e. The molecule has 4 amide bonds. The number of ether oxygens (including phenoxy) is 2. The minimum absolute atomic E-state index is 0.134. The molecular weight excluding hydrogens is 443 g/mol. The monoisotopic (exact) mass is 462 g/mol. The van der Waals surface area contributed by atoms with E-state index in [-0.39, 0.29) is 22.4 Å². The quantitative estimate of drug-likeness (QED) is 0.489. The first-order valence-electron chi connectivity index (χ1n) is 9.51. The highest BCUT2D eigenvalue weighted by Gasteiger charge is 2.36. The number of nitrogens with one attached hydrogen (secondary N) is 1. The van der Waals surface area contributed by atoms with Gasteiger partial charge in [0.2, 0.25) is 0 Å². The fourth-order valence-corrected chi connectivity index (χ4v) is 3.32. The summed E-state index contributed by atoms with van der Waals surface area (Å²) in [5, 5.41) is 2.88. The maximum atomic E-state index is 13.0. The first-order chi connectivity index (χ1) is 14.7. The number of halogens is 2. The van der Waals surface area contributed by atoms with E-state index in [2.05, 4.69) is 5.32 Å². The van der Waals surface area contributed by atoms with E-state index < -0.39 is 17.8 Å². The Morgan fingerprint density at radius 3 is 2.39 bits per heavy atom. The van der Waals surface area contributed by atoms with Crippen LogP contribution in [0.3, 0.4) is 0 Å². The highest BCUT2D eigenvalue weighted by Crippen LogP contribution is 2.38. The second-order valence-corrected chi connectivity index (χ2v) is 7.71. The molecule has 31 heavy (non-hydrogen) atoms. The van der Waals surface area contributed by atoms with Gasteiger partial charge in [-0.15, -0.1) is 0 Å². The molecule has 0 bridgehead atoms. The Balaban J connectivity index is 2.02. The lowest BCUT2D eigenvalue weighted by Gasteiger charge is -2.26. The third kappa shape index (κ3) is 5.00. The Kier molecular flexibility index (Phi) is 6.87. The van der Waals surface area contributed by atoms with Crippen LogP contribution < -0.4 is 19.7 Å². The van der Waals surface area contributed by atoms with Crippen LogP contribution >= 0.6 is 23.2 Å². The van der Waals surface area contributed by atoms with Crippen LogP contribution in [-0.2, 0) is 9.59 Å². The lowest BCUT2D eigenvalue weighted by Crippen LogP contribution is -2.54. The summed E-state index contributed by atoms with van der Waals surface area (Å²) in [6, 6.07) is 8.42. The maximum Gasteiger partial charge on any atom is 0.335 e. The summed E-state index contributed by atoms with van der Waals surface area (Å²) in [6.07, 6.45) is 1.21. The van der Waals surface area contributed by atoms with Crippen molar-refractivity contribution in [3.63, 3.8) is 0 Å². The summed E-state index contributed by atoms with van der Waals surface area (Å²) in [5.41, 5.74) is 0.484. The summed E-state index contributed by atoms with van der Waals surface area (Å²) in [7, 11) is 0. The Morgan fingerprint density at radius 2 is 1.77 bits per heavy atom. The number of nitrogens with zero attached hydrogens (tertiary/aromatic N) is 1. The molecule has 0 radical (unpaired) electrons. The standard InChI is InChI=1S/C22H20Cl2N2O5/c1-4-30-18-11-13(10-17(24)19(18)31-12(2)3)9-16-20(27)25-22(29)26(21(16)28)15-7-5-14(23)6-8-15/h5-12H,4H2,1-3H3,(H,25,27,29)/b16-9+. The first-order valence-corrected chi connectivity index (χ1v) is 10.3. The van der Waals surface area contributed by atoms with Crippen molar-refractivity contribution < 1.29 is 23.9 Å². The van der Waals surface area contributed by atoms with Crippen LogP contribution in [0.5, 0.6) is 11.5 Å². The highest BCUT2D eigenvalue weighted by molar-refractivity contribution is 6.39. The molecule has 2 aromatic carbocycles. The third-order valence-electron chi connectivity index (χ3n) is 4.18. The van der Waals surface area contributed by atoms with Crippen LogP contribution in [0, 0.1) is 0 Å². The average molecular weight is 463 g/mol. The van der Waals surface area contributed by atoms with Crippen molar-refractivity contribution in [2.75, 3.05) is 11.5 Å². The van der Waals surface area contributed by atoms with Gasteiger partial charge in [-0.25, -0.2) is 9.69 Å². The van der Waals surface area contributed by atoms with Gasteiger partial charge in [0.05, 0.1) is 23.4 Å². The summed E-state index contributed by atoms with van der Waals surface area (Å²) in [4.78, 5) is 38.6. The van der Waals surface area contributed by atoms with E-state index in [1.54, 1.807) is 24.3 Å². The van der Waals surface area contributed by atoms with E-state index in [4.69, 9.17) is 32.7 Å². The molecule has 0 spiro atoms. The smallest absolute Gasteiger partial charge is 0.335 e. The zero-order valence-electron chi connectivity index (χ0n) is 17.1. The third-order valence-corrected chi connectivity index (χ3v) is 4.72. The van der Waals surface area contributed by atoms with Gasteiger partial charge in [0.25, 0.3) is 11.8 Å². The molecule has 1 saturated heterocycles. The zero-order valence-corrected chi connectivity index (χ0v) is 18.6. The topological polar surface area (TPSA) is 84.9 Å². The summed E-state index contributed by atoms with van der Waals surface area (Å²) < 4.78 is 11.3. The fraction of sp³-hybridized carbons (Fsp3) is 0.227. The van der Waals surface area contributed by atoms with Gasteiger partial charge in [-0.2, -0.15) is 0 Å². The number of hydrogen-bond acceptors (Lipinski definition) is 5. The van der Waals surface area contributed by atoms with E-state index in [1.807, 2.05) is 20.8 Å². The van der Waals surface area contributed by atoms with Crippen LogP contribution in [0.15, 0.2) is 42.0 Å². The second-order valence-electron chi connectivity index (χ2n) is 6.86. The number of rotatable bonds is 6. The molecule has 0 aliphatic carbocycles. The highest BCUT2D eigenvalue weighted by atomic mass is 35.5. The van der Waals surface area contributed by atoms with Crippen molar-refractivity contribution >= 4 is 52.8 Å². The largest absolute Gasteiger partial charge is 0.490 e. The van der Waals surface area contributed by atoms with Crippen LogP contribution in [0.25, 0.3) is 6.08 Å². The molecule has 0 unspecified atom stereocenters. The van der Waals surface area contributed by atoms with Gasteiger partial charge in [-0.3, -0.25) is 14.9 Å². The number of benzene rings is 2. The molecule has 0 aromatic heterocycles. The van der Waals surface area contributed by atoms with Crippen molar-refractivity contribution in [1.29, 1.82) is 0 Å². The number of barbiturate groups is 1. The summed E-state index contributed by atoms with van der Waals surface area (Å²) >= 11 is 12.2. The van der Waals surface area contributed by atoms with Crippen molar-refractivity contribution in [1.82, 2.24) is 5.32 Å². The summed E-state index contributed by atoms with van der Waals surface area (Å²) in [6.45, 7) is 5.89. The van der Waals surface area contributed by atoms with Crippen molar-refractivity contribution in [3.8, 4) is 11.5 Å². The molecule has 7 nitrogen and oxygen atoms in total. The maximum absolute atomic E-state index is 13.0. The number of anilines is 1. The van der Waals surface area contributed by atoms with Crippen LogP contribution in [-0.4, -0.2) is 30.6 Å². The molecule has 3 rings (SSSR count). The van der Waals surface area contributed by atoms with E-state index in [9.17, 15) is 14.4 Å². The van der Waals surface area contributed by atoms with Crippen LogP contribution in [0.1, 0.15) is 26.3 Å². The van der Waals surface area contributed by atoms with Crippen molar-refractivity contribution in [3.05, 3.63) is 57.6 Å². The van der Waals surface area contributed by atoms with Gasteiger partial charge in [0, 0.05) is 5.02 Å². The molecular formula is C22H20Cl2N2O5. The molecule has 2 aromatic rings. The Labute approximate surface area is 189 Å². The number of carbonyl (C=O) groups is 3. The Bertz CT molecular complexity index is 1060. The Morgan fingerprint density at radius 1 is 1.10 bits per heavy atom. The SMILES string of the molecule is CCOc1cc(/C=C2\C(=O)NC(=O)N(c3ccc(Cl)cc3)C2=O)cc(Cl)c1OC(C)C. The van der Waals surface area contributed by atoms with Gasteiger partial charge >= 0.3 is 6.03 Å². The molecule has 1 heterocycles. The fourth-order valence-electron chi connectivity index (χ4n) is 2.93. The second kappa shape index (κ2) is 9.41. The van der Waals surface area contributed by atoms with E-state index in [0.29, 0.717) is 28.7 Å². The van der Waals surface area contributed by atoms with Gasteiger partial charge in [0.15, 0.2) is 11.5 Å². The van der Waals surface area contributed by atoms with Crippen molar-refractivity contribution in [2.45, 2.75) is 26.9 Å². The predicted molar refractivity (Wildman–Crippen MR) is 119 cm³/mol. The van der Waals surface area contributed by atoms with Crippen molar-refractivity contribution in [2.24, 2.45) is 0 Å². The molecule has 1 N–H and O–H groups in total. The predicted octanol–water partition coefficient (Wildman–Crippen LogP) is 4.85. The number of imide groups is 2. The zero-order chi connectivity index (χ0) is 22.7. The molecule has 9 heteroatoms. The number of amides is 4. The van der Waals surface area contributed by atoms with Gasteiger partial charge in [-0.1, -0.05) is 23.2 Å². The molecule has 1 aliphatic heterocycles. The van der Waals surface area contributed by atoms with E-state index in [0.717, 1.165) is 4.90 Å². The van der Waals surface area contributed by atoms with Gasteiger partial charge in [-0.05, 0) is 68.8 Å². The lowest BCUT2D eigenvalue weighted by molar-refractivity contribution is -0.122. The minimum atomic E-state index is -0.844. The summed E-state index contributed by atoms with van der Waals surface area (Å²) in [5.74, 6) is -0.827. The van der Waals surface area contributed by atoms with Crippen LogP contribution in [0.2, 0.25) is 10.0 Å². The van der Waals surface area contributed by atoms with E-state index in [1.165, 1.54) is 18.2 Å².